The minimum absolute atomic E-state index is 0.0155. The largest absolute Gasteiger partial charge is 0.457 e. The first-order valence-corrected chi connectivity index (χ1v) is 14.2. The monoisotopic (exact) mass is 559 g/mol. The molecule has 9 heteroatoms. The number of carbonyl (C=O) groups excluding carboxylic acids is 1. The number of para-hydroxylation sites is 2. The average molecular weight is 560 g/mol. The number of hydrogen-bond donors (Lipinski definition) is 4. The number of benzene rings is 3. The van der Waals surface area contributed by atoms with Gasteiger partial charge in [0.15, 0.2) is 0 Å². The molecule has 1 fully saturated rings. The highest BCUT2D eigenvalue weighted by Crippen LogP contribution is 2.27. The van der Waals surface area contributed by atoms with Crippen LogP contribution in [-0.2, 0) is 11.2 Å². The van der Waals surface area contributed by atoms with E-state index in [2.05, 4.69) is 26.3 Å². The van der Waals surface area contributed by atoms with Crippen LogP contribution in [0.4, 0.5) is 11.6 Å². The van der Waals surface area contributed by atoms with Crippen molar-refractivity contribution in [2.45, 2.75) is 31.7 Å². The van der Waals surface area contributed by atoms with Gasteiger partial charge >= 0.3 is 0 Å². The van der Waals surface area contributed by atoms with Crippen LogP contribution in [0.15, 0.2) is 91.4 Å². The number of carbonyl (C=O) groups is 1. The van der Waals surface area contributed by atoms with Crippen molar-refractivity contribution >= 4 is 34.2 Å². The summed E-state index contributed by atoms with van der Waals surface area (Å²) in [7, 11) is 0. The Morgan fingerprint density at radius 1 is 1.02 bits per heavy atom. The summed E-state index contributed by atoms with van der Waals surface area (Å²) in [5.41, 5.74) is 9.84. The maximum atomic E-state index is 13.2. The van der Waals surface area contributed by atoms with Gasteiger partial charge in [-0.05, 0) is 67.3 Å². The normalized spacial score (nSPS) is 15.0. The highest BCUT2D eigenvalue weighted by atomic mass is 16.5. The zero-order valence-corrected chi connectivity index (χ0v) is 23.2. The molecule has 5 aromatic rings. The third-order valence-electron chi connectivity index (χ3n) is 7.65. The zero-order valence-electron chi connectivity index (χ0n) is 23.2. The molecule has 9 nitrogen and oxygen atoms in total. The fourth-order valence-electron chi connectivity index (χ4n) is 5.47. The number of nitrogens with one attached hydrogen (secondary N) is 3. The van der Waals surface area contributed by atoms with Crippen molar-refractivity contribution < 1.29 is 9.53 Å². The lowest BCUT2D eigenvalue weighted by Crippen LogP contribution is -2.45. The second-order valence-corrected chi connectivity index (χ2v) is 10.5. The van der Waals surface area contributed by atoms with Crippen LogP contribution in [0.3, 0.4) is 0 Å². The zero-order chi connectivity index (χ0) is 28.9. The van der Waals surface area contributed by atoms with Gasteiger partial charge in [-0.3, -0.25) is 10.2 Å². The summed E-state index contributed by atoms with van der Waals surface area (Å²) in [5, 5.41) is 13.6. The lowest BCUT2D eigenvalue weighted by Gasteiger charge is -2.34. The van der Waals surface area contributed by atoms with E-state index in [1.807, 2.05) is 83.9 Å². The number of aromatic amines is 1. The summed E-state index contributed by atoms with van der Waals surface area (Å²) in [5.74, 6) is 2.27. The van der Waals surface area contributed by atoms with E-state index in [9.17, 15) is 4.79 Å². The molecule has 0 saturated carbocycles. The predicted octanol–water partition coefficient (Wildman–Crippen LogP) is 5.78. The lowest BCUT2D eigenvalue weighted by molar-refractivity contribution is -0.132. The molecule has 1 atom stereocenters. The number of hydrogen-bond acceptors (Lipinski definition) is 7. The number of rotatable bonds is 9. The number of anilines is 2. The minimum Gasteiger partial charge on any atom is -0.457 e. The molecule has 0 bridgehead atoms. The molecule has 1 saturated heterocycles. The van der Waals surface area contributed by atoms with E-state index >= 15 is 0 Å². The molecular weight excluding hydrogens is 526 g/mol. The Labute approximate surface area is 244 Å². The van der Waals surface area contributed by atoms with Gasteiger partial charge in [0.1, 0.15) is 29.5 Å². The Hall–Kier alpha value is -5.18. The summed E-state index contributed by atoms with van der Waals surface area (Å²) in [6.07, 6.45) is 6.31. The van der Waals surface area contributed by atoms with E-state index in [4.69, 9.17) is 15.9 Å². The van der Waals surface area contributed by atoms with Crippen molar-refractivity contribution in [2.75, 3.05) is 24.1 Å². The van der Waals surface area contributed by atoms with Crippen molar-refractivity contribution in [3.05, 3.63) is 108 Å². The van der Waals surface area contributed by atoms with Crippen molar-refractivity contribution in [3.63, 3.8) is 0 Å². The minimum atomic E-state index is -0.0155. The van der Waals surface area contributed by atoms with Gasteiger partial charge in [0, 0.05) is 48.2 Å². The molecule has 0 spiro atoms. The molecule has 6 rings (SSSR count). The van der Waals surface area contributed by atoms with Gasteiger partial charge in [0.05, 0.1) is 11.3 Å². The number of aryl methyl sites for hydroxylation is 1. The summed E-state index contributed by atoms with van der Waals surface area (Å²) >= 11 is 0. The number of aromatic nitrogens is 3. The van der Waals surface area contributed by atoms with Gasteiger partial charge in [0.2, 0.25) is 5.91 Å². The third-order valence-corrected chi connectivity index (χ3v) is 7.65. The molecular formula is C33H33N7O2. The SMILES string of the molecule is N=C(c1ccc(Oc2ccccc2)cc1)c1c(N)ncnc1NC1CCCN(C(=O)CCc2c[nH]c3ccccc23)C1. The molecule has 1 aliphatic heterocycles. The molecule has 1 amide bonds. The maximum absolute atomic E-state index is 13.2. The molecule has 212 valence electrons. The number of amides is 1. The number of likely N-dealkylation sites (tertiary alicyclic amines) is 1. The second kappa shape index (κ2) is 12.1. The highest BCUT2D eigenvalue weighted by Gasteiger charge is 2.26. The second-order valence-electron chi connectivity index (χ2n) is 10.5. The van der Waals surface area contributed by atoms with Crippen LogP contribution < -0.4 is 15.8 Å². The number of nitrogen functional groups attached to an aromatic ring is 1. The smallest absolute Gasteiger partial charge is 0.222 e. The molecule has 5 N–H and O–H groups in total. The Kier molecular flexibility index (Phi) is 7.81. The molecule has 2 aromatic heterocycles. The summed E-state index contributed by atoms with van der Waals surface area (Å²) in [4.78, 5) is 27.0. The first-order chi connectivity index (χ1) is 20.5. The molecule has 1 unspecified atom stereocenters. The molecule has 3 aromatic carbocycles. The lowest BCUT2D eigenvalue weighted by atomic mass is 10.0. The molecule has 3 heterocycles. The molecule has 42 heavy (non-hydrogen) atoms. The van der Waals surface area contributed by atoms with Crippen molar-refractivity contribution in [1.29, 1.82) is 5.41 Å². The number of H-pyrrole nitrogens is 1. The van der Waals surface area contributed by atoms with Gasteiger partial charge in [-0.15, -0.1) is 0 Å². The first-order valence-electron chi connectivity index (χ1n) is 14.2. The Morgan fingerprint density at radius 2 is 1.79 bits per heavy atom. The topological polar surface area (TPSA) is 133 Å². The first kappa shape index (κ1) is 27.0. The van der Waals surface area contributed by atoms with Gasteiger partial charge < -0.3 is 25.7 Å². The number of ether oxygens (including phenoxy) is 1. The van der Waals surface area contributed by atoms with Gasteiger partial charge in [0.25, 0.3) is 0 Å². The van der Waals surface area contributed by atoms with E-state index in [0.717, 1.165) is 41.6 Å². The number of nitrogens with zero attached hydrogens (tertiary/aromatic N) is 3. The van der Waals surface area contributed by atoms with Gasteiger partial charge in [-0.1, -0.05) is 36.4 Å². The van der Waals surface area contributed by atoms with E-state index in [0.29, 0.717) is 42.1 Å². The third kappa shape index (κ3) is 5.95. The predicted molar refractivity (Wildman–Crippen MR) is 165 cm³/mol. The summed E-state index contributed by atoms with van der Waals surface area (Å²) in [6.45, 7) is 1.30. The number of piperidine rings is 1. The quantitative estimate of drug-likeness (QED) is 0.169. The standard InChI is InChI=1S/C33H33N7O2/c34-31(22-12-15-26(16-13-22)42-25-8-2-1-3-9-25)30-32(35)37-21-38-33(30)39-24-7-6-18-40(20-24)29(41)17-14-23-19-36-28-11-5-4-10-27(23)28/h1-5,8-13,15-16,19,21,24,34,36H,6-7,14,17-18,20H2,(H3,35,37,38,39). The Bertz CT molecular complexity index is 1700. The highest BCUT2D eigenvalue weighted by molar-refractivity contribution is 6.16. The van der Waals surface area contributed by atoms with E-state index in [1.165, 1.54) is 6.33 Å². The van der Waals surface area contributed by atoms with Gasteiger partial charge in [-0.25, -0.2) is 9.97 Å². The van der Waals surface area contributed by atoms with Crippen molar-refractivity contribution in [1.82, 2.24) is 19.9 Å². The van der Waals surface area contributed by atoms with Gasteiger partial charge in [-0.2, -0.15) is 0 Å². The summed E-state index contributed by atoms with van der Waals surface area (Å²) in [6, 6.07) is 25.0. The fourth-order valence-corrected chi connectivity index (χ4v) is 5.47. The average Bonchev–Trinajstić information content (AvgIpc) is 3.44. The van der Waals surface area contributed by atoms with Crippen LogP contribution in [-0.4, -0.2) is 50.6 Å². The van der Waals surface area contributed by atoms with Crippen molar-refractivity contribution in [2.24, 2.45) is 0 Å². The number of fused-ring (bicyclic) bond motifs is 1. The van der Waals surface area contributed by atoms with E-state index < -0.39 is 0 Å². The number of nitrogens with two attached hydrogens (primary N) is 1. The van der Waals surface area contributed by atoms with Crippen LogP contribution in [0.2, 0.25) is 0 Å². The fraction of sp³-hybridized carbons (Fsp3) is 0.212. The van der Waals surface area contributed by atoms with Crippen LogP contribution >= 0.6 is 0 Å². The maximum Gasteiger partial charge on any atom is 0.222 e. The summed E-state index contributed by atoms with van der Waals surface area (Å²) < 4.78 is 5.89. The van der Waals surface area contributed by atoms with E-state index in [1.54, 1.807) is 0 Å². The van der Waals surface area contributed by atoms with Crippen LogP contribution in [0.1, 0.15) is 36.0 Å². The Balaban J connectivity index is 1.11. The van der Waals surface area contributed by atoms with Crippen LogP contribution in [0, 0.1) is 5.41 Å². The van der Waals surface area contributed by atoms with E-state index in [-0.39, 0.29) is 23.5 Å². The van der Waals surface area contributed by atoms with Crippen LogP contribution in [0.25, 0.3) is 10.9 Å². The molecule has 0 aliphatic carbocycles. The van der Waals surface area contributed by atoms with Crippen molar-refractivity contribution in [3.8, 4) is 11.5 Å². The molecule has 0 radical (unpaired) electrons. The molecule has 1 aliphatic rings. The van der Waals surface area contributed by atoms with Crippen LogP contribution in [0.5, 0.6) is 11.5 Å². The Morgan fingerprint density at radius 3 is 2.62 bits per heavy atom.